The number of aryl methyl sites for hydroxylation is 1. The van der Waals surface area contributed by atoms with Gasteiger partial charge in [-0.3, -0.25) is 4.99 Å². The number of nitrogens with one attached hydrogen (secondary N) is 3. The van der Waals surface area contributed by atoms with Gasteiger partial charge in [0.15, 0.2) is 5.96 Å². The van der Waals surface area contributed by atoms with Crippen LogP contribution in [0.2, 0.25) is 0 Å². The molecule has 0 aliphatic rings. The van der Waals surface area contributed by atoms with Crippen LogP contribution in [0, 0.1) is 6.92 Å². The van der Waals surface area contributed by atoms with Crippen LogP contribution in [0.5, 0.6) is 0 Å². The first-order chi connectivity index (χ1) is 10.8. The number of para-hydroxylation sites is 1. The maximum atomic E-state index is 4.26. The summed E-state index contributed by atoms with van der Waals surface area (Å²) in [5.41, 5.74) is 3.89. The summed E-state index contributed by atoms with van der Waals surface area (Å²) in [4.78, 5) is 7.64. The van der Waals surface area contributed by atoms with Crippen molar-refractivity contribution < 1.29 is 0 Å². The van der Waals surface area contributed by atoms with Crippen molar-refractivity contribution in [1.82, 2.24) is 15.6 Å². The standard InChI is InChI=1S/C17H26N4S.HI/c1-13-6-4-7-15-14(12-21-16(13)15)8-10-20-17(18-2)19-9-5-11-22-3;/h4,6-7,12,21H,5,8-11H2,1-3H3,(H2,18,19,20);1H. The molecule has 0 amide bonds. The van der Waals surface area contributed by atoms with Crippen molar-refractivity contribution in [3.05, 3.63) is 35.5 Å². The Morgan fingerprint density at radius 1 is 1.26 bits per heavy atom. The van der Waals surface area contributed by atoms with Gasteiger partial charge in [-0.15, -0.1) is 24.0 Å². The maximum Gasteiger partial charge on any atom is 0.190 e. The highest BCUT2D eigenvalue weighted by Gasteiger charge is 2.05. The monoisotopic (exact) mass is 446 g/mol. The molecule has 0 saturated heterocycles. The highest BCUT2D eigenvalue weighted by atomic mass is 127. The number of fused-ring (bicyclic) bond motifs is 1. The third kappa shape index (κ3) is 5.91. The van der Waals surface area contributed by atoms with Gasteiger partial charge in [0.2, 0.25) is 0 Å². The van der Waals surface area contributed by atoms with Gasteiger partial charge in [0, 0.05) is 37.2 Å². The van der Waals surface area contributed by atoms with E-state index >= 15 is 0 Å². The van der Waals surface area contributed by atoms with Crippen LogP contribution in [0.3, 0.4) is 0 Å². The van der Waals surface area contributed by atoms with Crippen LogP contribution in [-0.2, 0) is 6.42 Å². The van der Waals surface area contributed by atoms with Crippen molar-refractivity contribution in [2.75, 3.05) is 32.1 Å². The molecule has 0 saturated carbocycles. The smallest absolute Gasteiger partial charge is 0.190 e. The highest BCUT2D eigenvalue weighted by molar-refractivity contribution is 14.0. The predicted molar refractivity (Wildman–Crippen MR) is 115 cm³/mol. The molecule has 0 fully saturated rings. The first kappa shape index (κ1) is 20.2. The fraction of sp³-hybridized carbons (Fsp3) is 0.471. The molecule has 0 unspecified atom stereocenters. The van der Waals surface area contributed by atoms with Crippen molar-refractivity contribution in [2.24, 2.45) is 4.99 Å². The van der Waals surface area contributed by atoms with E-state index < -0.39 is 0 Å². The van der Waals surface area contributed by atoms with E-state index in [4.69, 9.17) is 0 Å². The third-order valence-corrected chi connectivity index (χ3v) is 4.43. The summed E-state index contributed by atoms with van der Waals surface area (Å²) in [7, 11) is 1.82. The van der Waals surface area contributed by atoms with Gasteiger partial charge in [-0.1, -0.05) is 18.2 Å². The first-order valence-corrected chi connectivity index (χ1v) is 9.14. The molecule has 1 heterocycles. The molecular weight excluding hydrogens is 419 g/mol. The summed E-state index contributed by atoms with van der Waals surface area (Å²) in [5, 5.41) is 8.05. The fourth-order valence-electron chi connectivity index (χ4n) is 2.53. The molecule has 0 radical (unpaired) electrons. The first-order valence-electron chi connectivity index (χ1n) is 7.75. The topological polar surface area (TPSA) is 52.2 Å². The summed E-state index contributed by atoms with van der Waals surface area (Å²) in [6.07, 6.45) is 6.39. The van der Waals surface area contributed by atoms with E-state index in [0.717, 1.165) is 31.9 Å². The van der Waals surface area contributed by atoms with Crippen LogP contribution in [0.4, 0.5) is 0 Å². The van der Waals surface area contributed by atoms with Crippen molar-refractivity contribution in [3.63, 3.8) is 0 Å². The molecule has 0 aliphatic heterocycles. The molecular formula is C17H27IN4S. The van der Waals surface area contributed by atoms with E-state index in [-0.39, 0.29) is 24.0 Å². The minimum absolute atomic E-state index is 0. The van der Waals surface area contributed by atoms with Gasteiger partial charge in [-0.2, -0.15) is 11.8 Å². The molecule has 0 bridgehead atoms. The summed E-state index contributed by atoms with van der Waals surface area (Å²) in [5.74, 6) is 2.07. The quantitative estimate of drug-likeness (QED) is 0.264. The van der Waals surface area contributed by atoms with Crippen LogP contribution in [0.1, 0.15) is 17.5 Å². The highest BCUT2D eigenvalue weighted by Crippen LogP contribution is 2.21. The minimum Gasteiger partial charge on any atom is -0.361 e. The number of guanidine groups is 1. The molecule has 23 heavy (non-hydrogen) atoms. The van der Waals surface area contributed by atoms with Crippen molar-refractivity contribution in [2.45, 2.75) is 19.8 Å². The predicted octanol–water partition coefficient (Wildman–Crippen LogP) is 3.55. The van der Waals surface area contributed by atoms with Crippen LogP contribution in [0.15, 0.2) is 29.4 Å². The molecule has 6 heteroatoms. The summed E-state index contributed by atoms with van der Waals surface area (Å²) < 4.78 is 0. The van der Waals surface area contributed by atoms with Gasteiger partial charge in [-0.25, -0.2) is 0 Å². The summed E-state index contributed by atoms with van der Waals surface area (Å²) in [6, 6.07) is 6.44. The Hall–Kier alpha value is -0.890. The SMILES string of the molecule is CN=C(NCCCSC)NCCc1c[nH]c2c(C)cccc12.I. The number of aromatic nitrogens is 1. The molecule has 1 aromatic heterocycles. The number of halogens is 1. The van der Waals surface area contributed by atoms with E-state index in [2.05, 4.69) is 58.2 Å². The summed E-state index contributed by atoms with van der Waals surface area (Å²) >= 11 is 1.88. The van der Waals surface area contributed by atoms with Gasteiger partial charge in [-0.05, 0) is 42.9 Å². The van der Waals surface area contributed by atoms with E-state index in [1.165, 1.54) is 27.8 Å². The second-order valence-corrected chi connectivity index (χ2v) is 6.32. The van der Waals surface area contributed by atoms with Crippen LogP contribution in [-0.4, -0.2) is 43.1 Å². The molecule has 3 N–H and O–H groups in total. The number of benzene rings is 1. The zero-order valence-electron chi connectivity index (χ0n) is 14.1. The van der Waals surface area contributed by atoms with Crippen molar-refractivity contribution >= 4 is 52.6 Å². The molecule has 128 valence electrons. The Morgan fingerprint density at radius 2 is 2.04 bits per heavy atom. The normalized spacial score (nSPS) is 11.3. The Balaban J connectivity index is 0.00000264. The van der Waals surface area contributed by atoms with E-state index in [1.807, 2.05) is 18.8 Å². The Kier molecular flexibility index (Phi) is 9.47. The van der Waals surface area contributed by atoms with Gasteiger partial charge in [0.1, 0.15) is 0 Å². The van der Waals surface area contributed by atoms with Gasteiger partial charge < -0.3 is 15.6 Å². The fourth-order valence-corrected chi connectivity index (χ4v) is 2.96. The van der Waals surface area contributed by atoms with E-state index in [1.54, 1.807) is 0 Å². The van der Waals surface area contributed by atoms with Crippen LogP contribution in [0.25, 0.3) is 10.9 Å². The lowest BCUT2D eigenvalue weighted by Gasteiger charge is -2.11. The Bertz CT molecular complexity index is 624. The zero-order chi connectivity index (χ0) is 15.8. The third-order valence-electron chi connectivity index (χ3n) is 3.74. The number of thioether (sulfide) groups is 1. The number of aromatic amines is 1. The molecule has 0 aliphatic carbocycles. The van der Waals surface area contributed by atoms with Gasteiger partial charge in [0.05, 0.1) is 0 Å². The molecule has 2 rings (SSSR count). The second kappa shape index (κ2) is 10.8. The number of hydrogen-bond acceptors (Lipinski definition) is 2. The average molecular weight is 446 g/mol. The molecule has 2 aromatic rings. The second-order valence-electron chi connectivity index (χ2n) is 5.33. The Morgan fingerprint density at radius 3 is 2.78 bits per heavy atom. The molecule has 4 nitrogen and oxygen atoms in total. The number of rotatable bonds is 7. The van der Waals surface area contributed by atoms with Gasteiger partial charge in [0.25, 0.3) is 0 Å². The summed E-state index contributed by atoms with van der Waals surface area (Å²) in [6.45, 7) is 3.98. The van der Waals surface area contributed by atoms with Crippen LogP contribution >= 0.6 is 35.7 Å². The zero-order valence-corrected chi connectivity index (χ0v) is 17.3. The largest absolute Gasteiger partial charge is 0.361 e. The van der Waals surface area contributed by atoms with E-state index in [9.17, 15) is 0 Å². The van der Waals surface area contributed by atoms with Crippen molar-refractivity contribution in [3.8, 4) is 0 Å². The molecule has 1 aromatic carbocycles. The number of hydrogen-bond donors (Lipinski definition) is 3. The number of H-pyrrole nitrogens is 1. The average Bonchev–Trinajstić information content (AvgIpc) is 2.94. The number of nitrogens with zero attached hydrogens (tertiary/aromatic N) is 1. The number of aliphatic imine (C=N–C) groups is 1. The van der Waals surface area contributed by atoms with Gasteiger partial charge >= 0.3 is 0 Å². The lowest BCUT2D eigenvalue weighted by molar-refractivity contribution is 0.778. The molecule has 0 atom stereocenters. The molecule has 0 spiro atoms. The minimum atomic E-state index is 0. The van der Waals surface area contributed by atoms with E-state index in [0.29, 0.717) is 0 Å². The van der Waals surface area contributed by atoms with Crippen LogP contribution < -0.4 is 10.6 Å². The lowest BCUT2D eigenvalue weighted by atomic mass is 10.1. The van der Waals surface area contributed by atoms with Crippen molar-refractivity contribution in [1.29, 1.82) is 0 Å². The lowest BCUT2D eigenvalue weighted by Crippen LogP contribution is -2.38. The maximum absolute atomic E-state index is 4.26. The Labute approximate surface area is 160 Å².